The fourth-order valence-corrected chi connectivity index (χ4v) is 3.49. The predicted molar refractivity (Wildman–Crippen MR) is 79.0 cm³/mol. The van der Waals surface area contributed by atoms with Crippen molar-refractivity contribution in [1.82, 2.24) is 9.62 Å². The molecular weight excluding hydrogens is 327 g/mol. The highest BCUT2D eigenvalue weighted by Crippen LogP contribution is 2.19. The van der Waals surface area contributed by atoms with Crippen LogP contribution in [-0.4, -0.2) is 49.4 Å². The number of aliphatic carboxylic acids is 1. The lowest BCUT2D eigenvalue weighted by Crippen LogP contribution is -2.38. The second kappa shape index (κ2) is 6.63. The van der Waals surface area contributed by atoms with Crippen LogP contribution in [0.4, 0.5) is 4.39 Å². The molecule has 1 aromatic rings. The van der Waals surface area contributed by atoms with E-state index in [0.717, 1.165) is 38.0 Å². The van der Waals surface area contributed by atoms with Crippen molar-refractivity contribution >= 4 is 21.9 Å². The Balaban J connectivity index is 2.24. The van der Waals surface area contributed by atoms with Gasteiger partial charge in [-0.05, 0) is 38.0 Å². The summed E-state index contributed by atoms with van der Waals surface area (Å²) >= 11 is 0. The van der Waals surface area contributed by atoms with Gasteiger partial charge in [-0.25, -0.2) is 12.8 Å². The van der Waals surface area contributed by atoms with Crippen molar-refractivity contribution in [3.05, 3.63) is 29.6 Å². The number of hydrogen-bond acceptors (Lipinski definition) is 4. The number of rotatable bonds is 5. The molecule has 1 aliphatic rings. The van der Waals surface area contributed by atoms with Gasteiger partial charge in [0.2, 0.25) is 10.0 Å². The van der Waals surface area contributed by atoms with E-state index in [2.05, 4.69) is 0 Å². The molecule has 2 N–H and O–H groups in total. The van der Waals surface area contributed by atoms with Gasteiger partial charge < -0.3 is 10.0 Å². The molecular formula is C14H17FN2O5S. The number of halogens is 1. The number of nitrogens with one attached hydrogen (secondary N) is 1. The molecule has 1 saturated heterocycles. The first-order valence-electron chi connectivity index (χ1n) is 7.06. The monoisotopic (exact) mass is 344 g/mol. The fraction of sp³-hybridized carbons (Fsp3) is 0.429. The zero-order valence-electron chi connectivity index (χ0n) is 12.5. The van der Waals surface area contributed by atoms with E-state index >= 15 is 0 Å². The number of amides is 1. The molecule has 0 bridgehead atoms. The van der Waals surface area contributed by atoms with Gasteiger partial charge >= 0.3 is 5.97 Å². The topological polar surface area (TPSA) is 104 Å². The number of carboxylic acids is 1. The van der Waals surface area contributed by atoms with E-state index in [1.165, 1.54) is 4.90 Å². The summed E-state index contributed by atoms with van der Waals surface area (Å²) in [5.74, 6) is -2.78. The van der Waals surface area contributed by atoms with Crippen LogP contribution in [0.5, 0.6) is 0 Å². The molecule has 0 unspecified atom stereocenters. The third-order valence-electron chi connectivity index (χ3n) is 3.58. The van der Waals surface area contributed by atoms with Crippen LogP contribution in [0.3, 0.4) is 0 Å². The molecule has 2 rings (SSSR count). The highest BCUT2D eigenvalue weighted by atomic mass is 32.2. The van der Waals surface area contributed by atoms with Crippen LogP contribution in [-0.2, 0) is 14.8 Å². The molecule has 0 radical (unpaired) electrons. The summed E-state index contributed by atoms with van der Waals surface area (Å²) in [6.45, 7) is 2.26. The summed E-state index contributed by atoms with van der Waals surface area (Å²) in [6.07, 6.45) is 1.72. The number of hydrogen-bond donors (Lipinski definition) is 2. The van der Waals surface area contributed by atoms with E-state index < -0.39 is 38.7 Å². The van der Waals surface area contributed by atoms with E-state index in [4.69, 9.17) is 5.11 Å². The van der Waals surface area contributed by atoms with Gasteiger partial charge in [0.25, 0.3) is 5.91 Å². The number of benzene rings is 1. The van der Waals surface area contributed by atoms with Crippen LogP contribution in [0, 0.1) is 5.82 Å². The number of carboxylic acid groups (broad SMARTS) is 1. The van der Waals surface area contributed by atoms with Crippen molar-refractivity contribution in [2.24, 2.45) is 0 Å². The summed E-state index contributed by atoms with van der Waals surface area (Å²) in [5, 5.41) is 8.73. The maximum atomic E-state index is 14.1. The SMILES string of the molecule is C[C@@H](NS(=O)(=O)c1ccc(C(=O)N2CCCC2)c(F)c1)C(=O)O. The van der Waals surface area contributed by atoms with Crippen molar-refractivity contribution < 1.29 is 27.5 Å². The summed E-state index contributed by atoms with van der Waals surface area (Å²) in [7, 11) is -4.18. The number of sulfonamides is 1. The Labute approximate surface area is 133 Å². The maximum absolute atomic E-state index is 14.1. The molecule has 0 saturated carbocycles. The van der Waals surface area contributed by atoms with Gasteiger partial charge in [0.15, 0.2) is 0 Å². The number of carbonyl (C=O) groups is 2. The molecule has 9 heteroatoms. The minimum Gasteiger partial charge on any atom is -0.480 e. The first-order chi connectivity index (χ1) is 10.7. The fourth-order valence-electron chi connectivity index (χ4n) is 2.28. The third kappa shape index (κ3) is 3.85. The van der Waals surface area contributed by atoms with Gasteiger partial charge in [-0.2, -0.15) is 4.72 Å². The lowest BCUT2D eigenvalue weighted by molar-refractivity contribution is -0.138. The summed E-state index contributed by atoms with van der Waals surface area (Å²) in [6, 6.07) is 1.56. The summed E-state index contributed by atoms with van der Waals surface area (Å²) in [4.78, 5) is 23.9. The Kier molecular flexibility index (Phi) is 5.00. The third-order valence-corrected chi connectivity index (χ3v) is 5.12. The van der Waals surface area contributed by atoms with E-state index in [-0.39, 0.29) is 5.56 Å². The lowest BCUT2D eigenvalue weighted by Gasteiger charge is -2.16. The Morgan fingerprint density at radius 3 is 2.43 bits per heavy atom. The molecule has 1 fully saturated rings. The van der Waals surface area contributed by atoms with Gasteiger partial charge in [-0.3, -0.25) is 9.59 Å². The van der Waals surface area contributed by atoms with Crippen LogP contribution in [0.25, 0.3) is 0 Å². The van der Waals surface area contributed by atoms with Crippen molar-refractivity contribution in [3.63, 3.8) is 0 Å². The van der Waals surface area contributed by atoms with Crippen molar-refractivity contribution in [1.29, 1.82) is 0 Å². The van der Waals surface area contributed by atoms with E-state index in [0.29, 0.717) is 13.1 Å². The van der Waals surface area contributed by atoms with Gasteiger partial charge in [-0.1, -0.05) is 0 Å². The van der Waals surface area contributed by atoms with E-state index in [9.17, 15) is 22.4 Å². The number of nitrogens with zero attached hydrogens (tertiary/aromatic N) is 1. The zero-order chi connectivity index (χ0) is 17.2. The van der Waals surface area contributed by atoms with Crippen LogP contribution in [0.2, 0.25) is 0 Å². The normalized spacial score (nSPS) is 16.3. The van der Waals surface area contributed by atoms with Gasteiger partial charge in [0, 0.05) is 13.1 Å². The molecule has 126 valence electrons. The van der Waals surface area contributed by atoms with Gasteiger partial charge in [0.05, 0.1) is 10.5 Å². The average molecular weight is 344 g/mol. The van der Waals surface area contributed by atoms with E-state index in [1.54, 1.807) is 0 Å². The molecule has 1 aliphatic heterocycles. The Bertz CT molecular complexity index is 729. The molecule has 1 amide bonds. The highest BCUT2D eigenvalue weighted by molar-refractivity contribution is 7.89. The standard InChI is InChI=1S/C14H17FN2O5S/c1-9(14(19)20)16-23(21,22)10-4-5-11(12(15)8-10)13(18)17-6-2-3-7-17/h4-5,8-9,16H,2-3,6-7H2,1H3,(H,19,20)/t9-/m1/s1. The largest absolute Gasteiger partial charge is 0.480 e. The molecule has 7 nitrogen and oxygen atoms in total. The molecule has 1 atom stereocenters. The van der Waals surface area contributed by atoms with Crippen LogP contribution in [0.15, 0.2) is 23.1 Å². The smallest absolute Gasteiger partial charge is 0.321 e. The predicted octanol–water partition coefficient (Wildman–Crippen LogP) is 0.813. The van der Waals surface area contributed by atoms with Crippen molar-refractivity contribution in [2.45, 2.75) is 30.7 Å². The Morgan fingerprint density at radius 2 is 1.91 bits per heavy atom. The second-order valence-corrected chi connectivity index (χ2v) is 7.04. The zero-order valence-corrected chi connectivity index (χ0v) is 13.3. The average Bonchev–Trinajstić information content (AvgIpc) is 3.00. The molecule has 1 aromatic carbocycles. The van der Waals surface area contributed by atoms with Crippen molar-refractivity contribution in [2.75, 3.05) is 13.1 Å². The number of carbonyl (C=O) groups excluding carboxylic acids is 1. The van der Waals surface area contributed by atoms with Gasteiger partial charge in [-0.15, -0.1) is 0 Å². The maximum Gasteiger partial charge on any atom is 0.321 e. The molecule has 23 heavy (non-hydrogen) atoms. The van der Waals surface area contributed by atoms with Crippen molar-refractivity contribution in [3.8, 4) is 0 Å². The van der Waals surface area contributed by atoms with E-state index in [1.807, 2.05) is 4.72 Å². The molecule has 1 heterocycles. The summed E-state index contributed by atoms with van der Waals surface area (Å²) in [5.41, 5.74) is -0.197. The quantitative estimate of drug-likeness (QED) is 0.823. The molecule has 0 aliphatic carbocycles. The van der Waals surface area contributed by atoms with Crippen LogP contribution < -0.4 is 4.72 Å². The number of likely N-dealkylation sites (tertiary alicyclic amines) is 1. The highest BCUT2D eigenvalue weighted by Gasteiger charge is 2.26. The Morgan fingerprint density at radius 1 is 1.30 bits per heavy atom. The first-order valence-corrected chi connectivity index (χ1v) is 8.54. The molecule has 0 aromatic heterocycles. The minimum absolute atomic E-state index is 0.197. The van der Waals surface area contributed by atoms with Gasteiger partial charge in [0.1, 0.15) is 11.9 Å². The molecule has 0 spiro atoms. The second-order valence-electron chi connectivity index (χ2n) is 5.32. The summed E-state index contributed by atoms with van der Waals surface area (Å²) < 4.78 is 40.0. The minimum atomic E-state index is -4.18. The Hall–Kier alpha value is -2.00. The lowest BCUT2D eigenvalue weighted by atomic mass is 10.2. The first kappa shape index (κ1) is 17.4. The van der Waals surface area contributed by atoms with Crippen LogP contribution in [0.1, 0.15) is 30.1 Å². The van der Waals surface area contributed by atoms with Crippen LogP contribution >= 0.6 is 0 Å².